The van der Waals surface area contributed by atoms with E-state index in [9.17, 15) is 4.79 Å². The number of hydrogen-bond donors (Lipinski definition) is 0. The molecule has 1 amide bonds. The van der Waals surface area contributed by atoms with Crippen molar-refractivity contribution in [1.29, 1.82) is 0 Å². The van der Waals surface area contributed by atoms with Gasteiger partial charge in [-0.05, 0) is 48.9 Å². The van der Waals surface area contributed by atoms with Gasteiger partial charge in [0.05, 0.1) is 13.7 Å². The van der Waals surface area contributed by atoms with E-state index < -0.39 is 0 Å². The number of aryl methyl sites for hydroxylation is 1. The predicted octanol–water partition coefficient (Wildman–Crippen LogP) is 3.90. The zero-order chi connectivity index (χ0) is 19.4. The van der Waals surface area contributed by atoms with E-state index in [0.29, 0.717) is 12.3 Å². The molecule has 3 aromatic rings. The van der Waals surface area contributed by atoms with Crippen molar-refractivity contribution in [3.63, 3.8) is 0 Å². The second-order valence-corrected chi connectivity index (χ2v) is 6.47. The van der Waals surface area contributed by atoms with Crippen molar-refractivity contribution in [3.05, 3.63) is 71.6 Å². The fourth-order valence-corrected chi connectivity index (χ4v) is 2.73. The van der Waals surface area contributed by atoms with Crippen LogP contribution in [0.4, 0.5) is 11.4 Å². The van der Waals surface area contributed by atoms with Crippen LogP contribution in [-0.2, 0) is 6.54 Å². The smallest absolute Gasteiger partial charge is 0.280 e. The van der Waals surface area contributed by atoms with Crippen molar-refractivity contribution in [2.75, 3.05) is 31.0 Å². The summed E-state index contributed by atoms with van der Waals surface area (Å²) >= 11 is 0. The Morgan fingerprint density at radius 1 is 1.04 bits per heavy atom. The van der Waals surface area contributed by atoms with E-state index in [0.717, 1.165) is 22.7 Å². The van der Waals surface area contributed by atoms with Crippen LogP contribution >= 0.6 is 0 Å². The molecule has 6 heteroatoms. The van der Waals surface area contributed by atoms with Crippen molar-refractivity contribution in [2.24, 2.45) is 0 Å². The molecule has 140 valence electrons. The summed E-state index contributed by atoms with van der Waals surface area (Å²) in [6, 6.07) is 17.1. The standard InChI is InChI=1S/C21H23N3O3/c1-15-13-20(22-27-15)21(25)24(18-9-11-19(26-4)12-10-18)14-16-5-7-17(8-6-16)23(2)3/h5-13H,14H2,1-4H3. The van der Waals surface area contributed by atoms with Crippen LogP contribution in [0.3, 0.4) is 0 Å². The molecule has 0 unspecified atom stereocenters. The number of aromatic nitrogens is 1. The third kappa shape index (κ3) is 4.28. The molecule has 3 rings (SSSR count). The average Bonchev–Trinajstić information content (AvgIpc) is 3.12. The van der Waals surface area contributed by atoms with E-state index in [1.165, 1.54) is 0 Å². The molecule has 0 atom stereocenters. The molecule has 0 saturated heterocycles. The largest absolute Gasteiger partial charge is 0.497 e. The molecule has 2 aromatic carbocycles. The third-order valence-electron chi connectivity index (χ3n) is 4.27. The SMILES string of the molecule is COc1ccc(N(Cc2ccc(N(C)C)cc2)C(=O)c2cc(C)on2)cc1. The van der Waals surface area contributed by atoms with Crippen LogP contribution in [0, 0.1) is 6.92 Å². The maximum Gasteiger partial charge on any atom is 0.280 e. The number of hydrogen-bond acceptors (Lipinski definition) is 5. The number of carbonyl (C=O) groups excluding carboxylic acids is 1. The highest BCUT2D eigenvalue weighted by atomic mass is 16.5. The summed E-state index contributed by atoms with van der Waals surface area (Å²) in [5.41, 5.74) is 3.17. The molecule has 0 spiro atoms. The molecular formula is C21H23N3O3. The highest BCUT2D eigenvalue weighted by Gasteiger charge is 2.21. The van der Waals surface area contributed by atoms with Crippen LogP contribution in [0.5, 0.6) is 5.75 Å². The number of nitrogens with zero attached hydrogens (tertiary/aromatic N) is 3. The Morgan fingerprint density at radius 2 is 1.67 bits per heavy atom. The zero-order valence-electron chi connectivity index (χ0n) is 16.0. The van der Waals surface area contributed by atoms with Gasteiger partial charge in [-0.25, -0.2) is 0 Å². The predicted molar refractivity (Wildman–Crippen MR) is 106 cm³/mol. The van der Waals surface area contributed by atoms with E-state index in [1.807, 2.05) is 67.5 Å². The van der Waals surface area contributed by atoms with Crippen LogP contribution in [0.25, 0.3) is 0 Å². The van der Waals surface area contributed by atoms with E-state index in [-0.39, 0.29) is 11.6 Å². The molecule has 0 aliphatic carbocycles. The van der Waals surface area contributed by atoms with Crippen molar-refractivity contribution < 1.29 is 14.1 Å². The van der Waals surface area contributed by atoms with Gasteiger partial charge in [-0.2, -0.15) is 0 Å². The lowest BCUT2D eigenvalue weighted by molar-refractivity contribution is 0.0976. The fourth-order valence-electron chi connectivity index (χ4n) is 2.73. The van der Waals surface area contributed by atoms with Gasteiger partial charge in [-0.1, -0.05) is 17.3 Å². The topological polar surface area (TPSA) is 58.8 Å². The first kappa shape index (κ1) is 18.5. The van der Waals surface area contributed by atoms with Gasteiger partial charge in [0, 0.05) is 31.5 Å². The summed E-state index contributed by atoms with van der Waals surface area (Å²) in [7, 11) is 5.60. The normalized spacial score (nSPS) is 10.5. The molecule has 1 aromatic heterocycles. The molecule has 0 saturated carbocycles. The molecule has 27 heavy (non-hydrogen) atoms. The lowest BCUT2D eigenvalue weighted by Crippen LogP contribution is -2.30. The molecule has 0 radical (unpaired) electrons. The van der Waals surface area contributed by atoms with Crippen molar-refractivity contribution in [2.45, 2.75) is 13.5 Å². The van der Waals surface area contributed by atoms with Gasteiger partial charge in [-0.15, -0.1) is 0 Å². The molecule has 0 bridgehead atoms. The average molecular weight is 365 g/mol. The van der Waals surface area contributed by atoms with Crippen LogP contribution in [-0.4, -0.2) is 32.3 Å². The maximum absolute atomic E-state index is 13.1. The van der Waals surface area contributed by atoms with Gasteiger partial charge >= 0.3 is 0 Å². The second-order valence-electron chi connectivity index (χ2n) is 6.47. The van der Waals surface area contributed by atoms with Gasteiger partial charge in [0.2, 0.25) is 0 Å². The molecule has 6 nitrogen and oxygen atoms in total. The Labute approximate surface area is 158 Å². The van der Waals surface area contributed by atoms with Gasteiger partial charge in [0.25, 0.3) is 5.91 Å². The van der Waals surface area contributed by atoms with Gasteiger partial charge in [-0.3, -0.25) is 4.79 Å². The molecule has 0 fully saturated rings. The van der Waals surface area contributed by atoms with Crippen molar-refractivity contribution in [3.8, 4) is 5.75 Å². The number of ether oxygens (including phenoxy) is 1. The zero-order valence-corrected chi connectivity index (χ0v) is 16.0. The summed E-state index contributed by atoms with van der Waals surface area (Å²) in [5, 5.41) is 3.88. The Bertz CT molecular complexity index is 899. The summed E-state index contributed by atoms with van der Waals surface area (Å²) in [6.45, 7) is 2.19. The Hall–Kier alpha value is -3.28. The first-order valence-corrected chi connectivity index (χ1v) is 8.63. The quantitative estimate of drug-likeness (QED) is 0.663. The Morgan fingerprint density at radius 3 is 2.19 bits per heavy atom. The number of amides is 1. The first-order valence-electron chi connectivity index (χ1n) is 8.63. The third-order valence-corrected chi connectivity index (χ3v) is 4.27. The molecule has 1 heterocycles. The van der Waals surface area contributed by atoms with Crippen molar-refractivity contribution in [1.82, 2.24) is 5.16 Å². The number of methoxy groups -OCH3 is 1. The minimum Gasteiger partial charge on any atom is -0.497 e. The van der Waals surface area contributed by atoms with Gasteiger partial charge in [0.15, 0.2) is 5.69 Å². The lowest BCUT2D eigenvalue weighted by atomic mass is 10.1. The van der Waals surface area contributed by atoms with E-state index in [1.54, 1.807) is 25.0 Å². The number of rotatable bonds is 6. The highest BCUT2D eigenvalue weighted by Crippen LogP contribution is 2.24. The summed E-state index contributed by atoms with van der Waals surface area (Å²) in [5.74, 6) is 1.12. The Balaban J connectivity index is 1.92. The maximum atomic E-state index is 13.1. The van der Waals surface area contributed by atoms with E-state index >= 15 is 0 Å². The summed E-state index contributed by atoms with van der Waals surface area (Å²) in [4.78, 5) is 16.8. The minimum absolute atomic E-state index is 0.214. The highest BCUT2D eigenvalue weighted by molar-refractivity contribution is 6.04. The summed E-state index contributed by atoms with van der Waals surface area (Å²) < 4.78 is 10.3. The first-order chi connectivity index (χ1) is 13.0. The molecule has 0 aliphatic rings. The second kappa shape index (κ2) is 7.95. The number of benzene rings is 2. The van der Waals surface area contributed by atoms with Gasteiger partial charge < -0.3 is 19.1 Å². The monoisotopic (exact) mass is 365 g/mol. The minimum atomic E-state index is -0.214. The van der Waals surface area contributed by atoms with Crippen LogP contribution in [0.15, 0.2) is 59.1 Å². The van der Waals surface area contributed by atoms with Gasteiger partial charge in [0.1, 0.15) is 11.5 Å². The molecule has 0 N–H and O–H groups in total. The van der Waals surface area contributed by atoms with Crippen LogP contribution in [0.1, 0.15) is 21.8 Å². The molecule has 0 aliphatic heterocycles. The summed E-state index contributed by atoms with van der Waals surface area (Å²) in [6.07, 6.45) is 0. The molecular weight excluding hydrogens is 342 g/mol. The van der Waals surface area contributed by atoms with Crippen LogP contribution < -0.4 is 14.5 Å². The fraction of sp³-hybridized carbons (Fsp3) is 0.238. The number of anilines is 2. The van der Waals surface area contributed by atoms with E-state index in [4.69, 9.17) is 9.26 Å². The van der Waals surface area contributed by atoms with Crippen LogP contribution in [0.2, 0.25) is 0 Å². The number of carbonyl (C=O) groups is 1. The van der Waals surface area contributed by atoms with E-state index in [2.05, 4.69) is 5.16 Å². The Kier molecular flexibility index (Phi) is 5.45. The van der Waals surface area contributed by atoms with Crippen molar-refractivity contribution >= 4 is 17.3 Å². The lowest BCUT2D eigenvalue weighted by Gasteiger charge is -2.23.